The third-order valence-corrected chi connectivity index (χ3v) is 3.16. The number of aryl methyl sites for hydroxylation is 2. The fourth-order valence-corrected chi connectivity index (χ4v) is 2.12. The molecule has 2 aromatic rings. The number of halogens is 1. The second-order valence-corrected chi connectivity index (χ2v) is 4.36. The lowest BCUT2D eigenvalue weighted by molar-refractivity contribution is 0.944. The molecule has 2 heteroatoms. The molecule has 0 amide bonds. The highest BCUT2D eigenvalue weighted by molar-refractivity contribution is 9.09. The highest BCUT2D eigenvalue weighted by Crippen LogP contribution is 2.20. The van der Waals surface area contributed by atoms with E-state index in [9.17, 15) is 0 Å². The molecule has 14 heavy (non-hydrogen) atoms. The molecular formula is C12H14BrN. The van der Waals surface area contributed by atoms with Crippen LogP contribution in [0.3, 0.4) is 0 Å². The number of hydrogen-bond donors (Lipinski definition) is 0. The third kappa shape index (κ3) is 1.71. The summed E-state index contributed by atoms with van der Waals surface area (Å²) in [6.07, 6.45) is 4.49. The normalized spacial score (nSPS) is 11.0. The quantitative estimate of drug-likeness (QED) is 0.737. The van der Waals surface area contributed by atoms with Gasteiger partial charge in [0.2, 0.25) is 0 Å². The van der Waals surface area contributed by atoms with Gasteiger partial charge in [0.25, 0.3) is 0 Å². The standard InChI is InChI=1S/C12H14BrN/c1-14-9-7-11-10(5-3-8-13)4-2-6-12(11)14/h2,4,6-7,9H,3,5,8H2,1H3. The average Bonchev–Trinajstić information content (AvgIpc) is 2.58. The van der Waals surface area contributed by atoms with E-state index in [0.29, 0.717) is 0 Å². The molecule has 1 aromatic heterocycles. The van der Waals surface area contributed by atoms with Crippen molar-refractivity contribution in [1.82, 2.24) is 4.57 Å². The summed E-state index contributed by atoms with van der Waals surface area (Å²) in [6.45, 7) is 0. The molecule has 0 radical (unpaired) electrons. The van der Waals surface area contributed by atoms with E-state index < -0.39 is 0 Å². The molecule has 1 heterocycles. The van der Waals surface area contributed by atoms with Gasteiger partial charge in [-0.1, -0.05) is 28.1 Å². The number of alkyl halides is 1. The van der Waals surface area contributed by atoms with Crippen molar-refractivity contribution in [2.24, 2.45) is 7.05 Å². The van der Waals surface area contributed by atoms with Gasteiger partial charge in [-0.25, -0.2) is 0 Å². The molecule has 0 aliphatic carbocycles. The van der Waals surface area contributed by atoms with Gasteiger partial charge < -0.3 is 4.57 Å². The van der Waals surface area contributed by atoms with E-state index in [-0.39, 0.29) is 0 Å². The third-order valence-electron chi connectivity index (χ3n) is 2.60. The maximum atomic E-state index is 3.47. The zero-order chi connectivity index (χ0) is 9.97. The van der Waals surface area contributed by atoms with E-state index in [0.717, 1.165) is 11.8 Å². The second-order valence-electron chi connectivity index (χ2n) is 3.57. The SMILES string of the molecule is Cn1ccc2c(CCCBr)cccc21. The maximum absolute atomic E-state index is 3.47. The van der Waals surface area contributed by atoms with Gasteiger partial charge in [0.05, 0.1) is 0 Å². The summed E-state index contributed by atoms with van der Waals surface area (Å²) in [5.41, 5.74) is 2.79. The average molecular weight is 252 g/mol. The Hall–Kier alpha value is -0.760. The molecule has 1 aromatic carbocycles. The van der Waals surface area contributed by atoms with E-state index in [1.54, 1.807) is 0 Å². The molecule has 0 aliphatic heterocycles. The predicted octanol–water partition coefficient (Wildman–Crippen LogP) is 3.51. The molecule has 0 N–H and O–H groups in total. The summed E-state index contributed by atoms with van der Waals surface area (Å²) in [6, 6.07) is 8.75. The molecule has 0 saturated carbocycles. The monoisotopic (exact) mass is 251 g/mol. The molecule has 74 valence electrons. The van der Waals surface area contributed by atoms with Crippen molar-refractivity contribution in [2.75, 3.05) is 5.33 Å². The minimum atomic E-state index is 1.08. The van der Waals surface area contributed by atoms with Crippen LogP contribution < -0.4 is 0 Å². The molecule has 0 unspecified atom stereocenters. The predicted molar refractivity (Wildman–Crippen MR) is 65.0 cm³/mol. The van der Waals surface area contributed by atoms with Crippen molar-refractivity contribution in [2.45, 2.75) is 12.8 Å². The highest BCUT2D eigenvalue weighted by atomic mass is 79.9. The lowest BCUT2D eigenvalue weighted by atomic mass is 10.1. The van der Waals surface area contributed by atoms with Crippen molar-refractivity contribution >= 4 is 26.8 Å². The number of aromatic nitrogens is 1. The van der Waals surface area contributed by atoms with Crippen LogP contribution in [0.1, 0.15) is 12.0 Å². The van der Waals surface area contributed by atoms with Gasteiger partial charge in [-0.2, -0.15) is 0 Å². The van der Waals surface area contributed by atoms with Crippen LogP contribution in [0.2, 0.25) is 0 Å². The van der Waals surface area contributed by atoms with Crippen molar-refractivity contribution in [1.29, 1.82) is 0 Å². The van der Waals surface area contributed by atoms with Crippen LogP contribution in [0.15, 0.2) is 30.5 Å². The summed E-state index contributed by atoms with van der Waals surface area (Å²) in [5, 5.41) is 2.48. The molecule has 0 aliphatic rings. The Bertz CT molecular complexity index is 431. The molecule has 2 rings (SSSR count). The lowest BCUT2D eigenvalue weighted by Gasteiger charge is -2.02. The molecule has 0 fully saturated rings. The zero-order valence-electron chi connectivity index (χ0n) is 8.33. The molecule has 0 saturated heterocycles. The number of hydrogen-bond acceptors (Lipinski definition) is 0. The maximum Gasteiger partial charge on any atom is 0.0480 e. The molecule has 1 nitrogen and oxygen atoms in total. The van der Waals surface area contributed by atoms with Gasteiger partial charge in [0, 0.05) is 29.5 Å². The molecule has 0 spiro atoms. The Morgan fingerprint density at radius 2 is 2.14 bits per heavy atom. The van der Waals surface area contributed by atoms with E-state index in [4.69, 9.17) is 0 Å². The van der Waals surface area contributed by atoms with Crippen LogP contribution in [0, 0.1) is 0 Å². The first-order chi connectivity index (χ1) is 6.83. The number of benzene rings is 1. The Morgan fingerprint density at radius 1 is 1.29 bits per heavy atom. The van der Waals surface area contributed by atoms with E-state index in [2.05, 4.69) is 58.0 Å². The van der Waals surface area contributed by atoms with Crippen LogP contribution in [0.25, 0.3) is 10.9 Å². The number of nitrogens with zero attached hydrogens (tertiary/aromatic N) is 1. The fourth-order valence-electron chi connectivity index (χ4n) is 1.84. The Labute approximate surface area is 92.9 Å². The molecular weight excluding hydrogens is 238 g/mol. The van der Waals surface area contributed by atoms with Crippen molar-refractivity contribution in [3.63, 3.8) is 0 Å². The summed E-state index contributed by atoms with van der Waals surface area (Å²) < 4.78 is 2.17. The summed E-state index contributed by atoms with van der Waals surface area (Å²) in [4.78, 5) is 0. The van der Waals surface area contributed by atoms with E-state index in [1.807, 2.05) is 0 Å². The van der Waals surface area contributed by atoms with Gasteiger partial charge in [0.15, 0.2) is 0 Å². The van der Waals surface area contributed by atoms with Crippen molar-refractivity contribution in [3.05, 3.63) is 36.0 Å². The largest absolute Gasteiger partial charge is 0.351 e. The van der Waals surface area contributed by atoms with Crippen LogP contribution in [0.5, 0.6) is 0 Å². The second kappa shape index (κ2) is 4.18. The minimum Gasteiger partial charge on any atom is -0.351 e. The van der Waals surface area contributed by atoms with Gasteiger partial charge in [-0.05, 0) is 30.5 Å². The van der Waals surface area contributed by atoms with Gasteiger partial charge in [-0.3, -0.25) is 0 Å². The van der Waals surface area contributed by atoms with Crippen LogP contribution in [-0.2, 0) is 13.5 Å². The first-order valence-corrected chi connectivity index (χ1v) is 6.04. The van der Waals surface area contributed by atoms with E-state index in [1.165, 1.54) is 22.9 Å². The Morgan fingerprint density at radius 3 is 2.93 bits per heavy atom. The van der Waals surface area contributed by atoms with Crippen molar-refractivity contribution < 1.29 is 0 Å². The van der Waals surface area contributed by atoms with Crippen LogP contribution in [0.4, 0.5) is 0 Å². The smallest absolute Gasteiger partial charge is 0.0480 e. The fraction of sp³-hybridized carbons (Fsp3) is 0.333. The first-order valence-electron chi connectivity index (χ1n) is 4.92. The van der Waals surface area contributed by atoms with Crippen LogP contribution >= 0.6 is 15.9 Å². The summed E-state index contributed by atoms with van der Waals surface area (Å²) in [7, 11) is 2.09. The van der Waals surface area contributed by atoms with Crippen molar-refractivity contribution in [3.8, 4) is 0 Å². The van der Waals surface area contributed by atoms with Crippen LogP contribution in [-0.4, -0.2) is 9.90 Å². The molecule has 0 bridgehead atoms. The highest BCUT2D eigenvalue weighted by Gasteiger charge is 2.02. The van der Waals surface area contributed by atoms with Gasteiger partial charge >= 0.3 is 0 Å². The lowest BCUT2D eigenvalue weighted by Crippen LogP contribution is -1.88. The summed E-state index contributed by atoms with van der Waals surface area (Å²) >= 11 is 3.47. The van der Waals surface area contributed by atoms with Gasteiger partial charge in [-0.15, -0.1) is 0 Å². The Balaban J connectivity index is 2.44. The van der Waals surface area contributed by atoms with E-state index >= 15 is 0 Å². The molecule has 0 atom stereocenters. The summed E-state index contributed by atoms with van der Waals surface area (Å²) in [5.74, 6) is 0. The minimum absolute atomic E-state index is 1.08. The number of fused-ring (bicyclic) bond motifs is 1. The first kappa shape index (κ1) is 9.78. The number of rotatable bonds is 3. The zero-order valence-corrected chi connectivity index (χ0v) is 9.92. The van der Waals surface area contributed by atoms with Gasteiger partial charge in [0.1, 0.15) is 0 Å². The topological polar surface area (TPSA) is 4.93 Å². The Kier molecular flexibility index (Phi) is 2.92.